The normalized spacial score (nSPS) is 10.5. The Hall–Kier alpha value is -1.40. The van der Waals surface area contributed by atoms with Crippen LogP contribution in [0.15, 0.2) is 10.9 Å². The van der Waals surface area contributed by atoms with Crippen molar-refractivity contribution in [1.82, 2.24) is 9.97 Å². The van der Waals surface area contributed by atoms with E-state index in [0.29, 0.717) is 31.3 Å². The number of anilines is 1. The predicted molar refractivity (Wildman–Crippen MR) is 67.4 cm³/mol. The lowest BCUT2D eigenvalue weighted by Gasteiger charge is -2.23. The number of rotatable bonds is 7. The number of aryl methyl sites for hydroxylation is 1. The first-order chi connectivity index (χ1) is 8.17. The molecule has 6 nitrogen and oxygen atoms in total. The van der Waals surface area contributed by atoms with Gasteiger partial charge in [0, 0.05) is 26.3 Å². The number of nitrogens with one attached hydrogen (secondary N) is 1. The van der Waals surface area contributed by atoms with Crippen LogP contribution in [0.3, 0.4) is 0 Å². The third kappa shape index (κ3) is 4.54. The van der Waals surface area contributed by atoms with Crippen LogP contribution in [0.5, 0.6) is 0 Å². The van der Waals surface area contributed by atoms with E-state index in [1.165, 1.54) is 6.07 Å². The van der Waals surface area contributed by atoms with E-state index in [9.17, 15) is 4.79 Å². The lowest BCUT2D eigenvalue weighted by Crippen LogP contribution is -2.31. The highest BCUT2D eigenvalue weighted by molar-refractivity contribution is 5.37. The quantitative estimate of drug-likeness (QED) is 0.694. The molecule has 3 N–H and O–H groups in total. The predicted octanol–water partition coefficient (Wildman–Crippen LogP) is -0.120. The molecule has 17 heavy (non-hydrogen) atoms. The number of nitrogens with zero attached hydrogens (tertiary/aromatic N) is 2. The molecule has 1 aromatic rings. The molecule has 0 saturated carbocycles. The van der Waals surface area contributed by atoms with Gasteiger partial charge in [0.15, 0.2) is 0 Å². The summed E-state index contributed by atoms with van der Waals surface area (Å²) >= 11 is 0. The van der Waals surface area contributed by atoms with Gasteiger partial charge >= 0.3 is 0 Å². The molecule has 0 fully saturated rings. The first-order valence-electron chi connectivity index (χ1n) is 5.69. The largest absolute Gasteiger partial charge is 0.383 e. The summed E-state index contributed by atoms with van der Waals surface area (Å²) < 4.78 is 5.05. The molecule has 0 amide bonds. The summed E-state index contributed by atoms with van der Waals surface area (Å²) in [6, 6.07) is 1.50. The van der Waals surface area contributed by atoms with Crippen molar-refractivity contribution in [1.29, 1.82) is 0 Å². The van der Waals surface area contributed by atoms with Crippen molar-refractivity contribution in [2.45, 2.75) is 13.3 Å². The van der Waals surface area contributed by atoms with Gasteiger partial charge in [-0.2, -0.15) is 0 Å². The van der Waals surface area contributed by atoms with Crippen molar-refractivity contribution >= 4 is 5.82 Å². The average molecular weight is 240 g/mol. The van der Waals surface area contributed by atoms with E-state index in [1.807, 2.05) is 4.90 Å². The third-order valence-corrected chi connectivity index (χ3v) is 2.37. The summed E-state index contributed by atoms with van der Waals surface area (Å²) in [5.74, 6) is 1.29. The van der Waals surface area contributed by atoms with E-state index >= 15 is 0 Å². The van der Waals surface area contributed by atoms with Crippen LogP contribution in [0.1, 0.15) is 12.2 Å². The molecule has 1 rings (SSSR count). The van der Waals surface area contributed by atoms with Gasteiger partial charge in [-0.25, -0.2) is 4.98 Å². The van der Waals surface area contributed by atoms with Gasteiger partial charge in [0.2, 0.25) is 0 Å². The smallest absolute Gasteiger partial charge is 0.252 e. The van der Waals surface area contributed by atoms with E-state index in [1.54, 1.807) is 14.0 Å². The van der Waals surface area contributed by atoms with Gasteiger partial charge in [0.25, 0.3) is 5.56 Å². The van der Waals surface area contributed by atoms with E-state index in [2.05, 4.69) is 9.97 Å². The highest BCUT2D eigenvalue weighted by Crippen LogP contribution is 2.07. The molecule has 0 atom stereocenters. The van der Waals surface area contributed by atoms with E-state index in [4.69, 9.17) is 10.5 Å². The Morgan fingerprint density at radius 3 is 2.88 bits per heavy atom. The Kier molecular flexibility index (Phi) is 5.65. The zero-order chi connectivity index (χ0) is 12.7. The van der Waals surface area contributed by atoms with Gasteiger partial charge in [-0.05, 0) is 19.9 Å². The SMILES string of the molecule is COCCN(CCCN)c1cc(=O)[nH]c(C)n1. The Morgan fingerprint density at radius 1 is 1.53 bits per heavy atom. The number of hydrogen-bond acceptors (Lipinski definition) is 5. The van der Waals surface area contributed by atoms with Crippen LogP contribution in [0, 0.1) is 6.92 Å². The molecular weight excluding hydrogens is 220 g/mol. The van der Waals surface area contributed by atoms with Gasteiger partial charge in [-0.3, -0.25) is 4.79 Å². The minimum absolute atomic E-state index is 0.136. The van der Waals surface area contributed by atoms with Crippen molar-refractivity contribution in [2.24, 2.45) is 5.73 Å². The molecule has 0 bridgehead atoms. The number of ether oxygens (including phenoxy) is 1. The van der Waals surface area contributed by atoms with Crippen LogP contribution < -0.4 is 16.2 Å². The first kappa shape index (κ1) is 13.7. The van der Waals surface area contributed by atoms with Gasteiger partial charge in [-0.15, -0.1) is 0 Å². The molecule has 0 aliphatic rings. The highest BCUT2D eigenvalue weighted by atomic mass is 16.5. The molecule has 0 radical (unpaired) electrons. The third-order valence-electron chi connectivity index (χ3n) is 2.37. The fourth-order valence-electron chi connectivity index (χ4n) is 1.55. The molecule has 6 heteroatoms. The molecule has 0 saturated heterocycles. The maximum absolute atomic E-state index is 11.4. The van der Waals surface area contributed by atoms with Crippen molar-refractivity contribution < 1.29 is 4.74 Å². The van der Waals surface area contributed by atoms with Crippen molar-refractivity contribution in [3.05, 3.63) is 22.2 Å². The fraction of sp³-hybridized carbons (Fsp3) is 0.636. The Balaban J connectivity index is 2.82. The maximum atomic E-state index is 11.4. The monoisotopic (exact) mass is 240 g/mol. The van der Waals surface area contributed by atoms with Crippen molar-refractivity contribution in [2.75, 3.05) is 38.3 Å². The van der Waals surface area contributed by atoms with Gasteiger partial charge < -0.3 is 20.4 Å². The van der Waals surface area contributed by atoms with Crippen molar-refractivity contribution in [3.63, 3.8) is 0 Å². The van der Waals surface area contributed by atoms with Gasteiger partial charge in [0.05, 0.1) is 6.61 Å². The van der Waals surface area contributed by atoms with E-state index in [0.717, 1.165) is 13.0 Å². The van der Waals surface area contributed by atoms with Crippen LogP contribution in [0.2, 0.25) is 0 Å². The number of hydrogen-bond donors (Lipinski definition) is 2. The van der Waals surface area contributed by atoms with Crippen LogP contribution in [-0.4, -0.2) is 43.3 Å². The second-order valence-corrected chi connectivity index (χ2v) is 3.81. The molecule has 0 spiro atoms. The number of nitrogens with two attached hydrogens (primary N) is 1. The Labute approximate surface area is 101 Å². The number of H-pyrrole nitrogens is 1. The molecule has 1 aromatic heterocycles. The molecule has 0 aliphatic carbocycles. The molecule has 1 heterocycles. The minimum Gasteiger partial charge on any atom is -0.383 e. The standard InChI is InChI=1S/C11H20N4O2/c1-9-13-10(8-11(16)14-9)15(5-3-4-12)6-7-17-2/h8H,3-7,12H2,1-2H3,(H,13,14,16). The number of aromatic nitrogens is 2. The molecular formula is C11H20N4O2. The number of methoxy groups -OCH3 is 1. The second kappa shape index (κ2) is 7.03. The summed E-state index contributed by atoms with van der Waals surface area (Å²) in [6.07, 6.45) is 0.858. The second-order valence-electron chi connectivity index (χ2n) is 3.81. The van der Waals surface area contributed by atoms with Crippen LogP contribution in [-0.2, 0) is 4.74 Å². The first-order valence-corrected chi connectivity index (χ1v) is 5.69. The lowest BCUT2D eigenvalue weighted by molar-refractivity contribution is 0.205. The Bertz CT molecular complexity index is 383. The topological polar surface area (TPSA) is 84.2 Å². The summed E-state index contributed by atoms with van der Waals surface area (Å²) in [6.45, 7) is 4.45. The van der Waals surface area contributed by atoms with E-state index in [-0.39, 0.29) is 5.56 Å². The summed E-state index contributed by atoms with van der Waals surface area (Å²) in [5.41, 5.74) is 5.36. The summed E-state index contributed by atoms with van der Waals surface area (Å²) in [4.78, 5) is 20.3. The molecule has 96 valence electrons. The molecule has 0 aliphatic heterocycles. The minimum atomic E-state index is -0.136. The fourth-order valence-corrected chi connectivity index (χ4v) is 1.55. The van der Waals surface area contributed by atoms with Gasteiger partial charge in [-0.1, -0.05) is 0 Å². The zero-order valence-electron chi connectivity index (χ0n) is 10.4. The van der Waals surface area contributed by atoms with Crippen molar-refractivity contribution in [3.8, 4) is 0 Å². The average Bonchev–Trinajstić information content (AvgIpc) is 2.28. The lowest BCUT2D eigenvalue weighted by atomic mass is 10.3. The van der Waals surface area contributed by atoms with Gasteiger partial charge in [0.1, 0.15) is 11.6 Å². The summed E-state index contributed by atoms with van der Waals surface area (Å²) in [7, 11) is 1.65. The van der Waals surface area contributed by atoms with Crippen LogP contribution >= 0.6 is 0 Å². The number of aromatic amines is 1. The molecule has 0 unspecified atom stereocenters. The molecule has 0 aromatic carbocycles. The zero-order valence-corrected chi connectivity index (χ0v) is 10.4. The van der Waals surface area contributed by atoms with E-state index < -0.39 is 0 Å². The van der Waals surface area contributed by atoms with Crippen LogP contribution in [0.25, 0.3) is 0 Å². The maximum Gasteiger partial charge on any atom is 0.252 e. The van der Waals surface area contributed by atoms with Crippen LogP contribution in [0.4, 0.5) is 5.82 Å². The summed E-state index contributed by atoms with van der Waals surface area (Å²) in [5, 5.41) is 0. The Morgan fingerprint density at radius 2 is 2.29 bits per heavy atom. The highest BCUT2D eigenvalue weighted by Gasteiger charge is 2.08.